The molecule has 42 heavy (non-hydrogen) atoms. The lowest BCUT2D eigenvalue weighted by atomic mass is 9.89. The average Bonchev–Trinajstić information content (AvgIpc) is 3.53. The maximum atomic E-state index is 14.8. The number of allylic oxidation sites excluding steroid dienone is 2. The summed E-state index contributed by atoms with van der Waals surface area (Å²) in [5, 5.41) is 5.54. The number of carbonyl (C=O) groups excluding carboxylic acids is 1. The number of hydrogen-bond donors (Lipinski definition) is 2. The zero-order chi connectivity index (χ0) is 29.0. The molecule has 3 aliphatic rings. The molecule has 4 aromatic rings. The first-order chi connectivity index (χ1) is 20.4. The summed E-state index contributed by atoms with van der Waals surface area (Å²) in [6, 6.07) is 16.5. The Labute approximate surface area is 246 Å². The SMILES string of the molecule is CNC1=C2CCC(C1)C2C(=O)c1ccc([NH2+]c2ncc3c(n2)-c2ccc(Cl)cc2C(c2c(F)cccc2F)=NC3)cc1. The summed E-state index contributed by atoms with van der Waals surface area (Å²) >= 11 is 6.33. The number of hydrogen-bond acceptors (Lipinski definition) is 5. The van der Waals surface area contributed by atoms with Crippen LogP contribution >= 0.6 is 11.6 Å². The summed E-state index contributed by atoms with van der Waals surface area (Å²) in [4.78, 5) is 27.3. The Balaban J connectivity index is 1.18. The van der Waals surface area contributed by atoms with Crippen molar-refractivity contribution < 1.29 is 18.9 Å². The number of carbonyl (C=O) groups is 1. The highest BCUT2D eigenvalue weighted by atomic mass is 35.5. The van der Waals surface area contributed by atoms with E-state index in [0.717, 1.165) is 30.5 Å². The van der Waals surface area contributed by atoms with Gasteiger partial charge in [-0.15, -0.1) is 0 Å². The average molecular weight is 583 g/mol. The topological polar surface area (TPSA) is 83.9 Å². The summed E-state index contributed by atoms with van der Waals surface area (Å²) in [6.07, 6.45) is 4.73. The molecule has 1 aromatic heterocycles. The number of ketones is 1. The smallest absolute Gasteiger partial charge is 0.331 e. The van der Waals surface area contributed by atoms with E-state index in [1.54, 1.807) is 24.4 Å². The van der Waals surface area contributed by atoms with Gasteiger partial charge in [0.25, 0.3) is 0 Å². The minimum Gasteiger partial charge on any atom is -0.391 e. The van der Waals surface area contributed by atoms with Crippen LogP contribution in [0.25, 0.3) is 11.3 Å². The molecule has 2 atom stereocenters. The van der Waals surface area contributed by atoms with E-state index in [-0.39, 0.29) is 29.5 Å². The van der Waals surface area contributed by atoms with Crippen LogP contribution < -0.4 is 10.6 Å². The Morgan fingerprint density at radius 3 is 2.57 bits per heavy atom. The van der Waals surface area contributed by atoms with Crippen LogP contribution in [0.2, 0.25) is 5.02 Å². The molecule has 2 bridgehead atoms. The van der Waals surface area contributed by atoms with Crippen LogP contribution in [0.4, 0.5) is 20.4 Å². The highest BCUT2D eigenvalue weighted by Gasteiger charge is 2.43. The van der Waals surface area contributed by atoms with Gasteiger partial charge >= 0.3 is 5.95 Å². The molecule has 0 radical (unpaired) electrons. The molecule has 0 spiro atoms. The van der Waals surface area contributed by atoms with Crippen molar-refractivity contribution in [1.29, 1.82) is 0 Å². The normalized spacial score (nSPS) is 18.8. The van der Waals surface area contributed by atoms with E-state index >= 15 is 0 Å². The Hall–Kier alpha value is -4.27. The summed E-state index contributed by atoms with van der Waals surface area (Å²) in [7, 11) is 1.93. The van der Waals surface area contributed by atoms with Crippen molar-refractivity contribution in [2.45, 2.75) is 25.8 Å². The van der Waals surface area contributed by atoms with Gasteiger partial charge in [-0.2, -0.15) is 9.97 Å². The van der Waals surface area contributed by atoms with Crippen LogP contribution in [0.5, 0.6) is 0 Å². The van der Waals surface area contributed by atoms with Gasteiger partial charge in [-0.05, 0) is 67.2 Å². The Morgan fingerprint density at radius 1 is 1.05 bits per heavy atom. The van der Waals surface area contributed by atoms with Crippen LogP contribution in [0.15, 0.2) is 83.1 Å². The molecular weight excluding hydrogens is 556 g/mol. The lowest BCUT2D eigenvalue weighted by Gasteiger charge is -2.13. The number of aliphatic imine (C=N–C) groups is 1. The van der Waals surface area contributed by atoms with Crippen LogP contribution in [-0.4, -0.2) is 28.5 Å². The fourth-order valence-electron chi connectivity index (χ4n) is 6.55. The van der Waals surface area contributed by atoms with Crippen molar-refractivity contribution in [3.8, 4) is 11.3 Å². The number of nitrogens with two attached hydrogens (primary N) is 1. The maximum Gasteiger partial charge on any atom is 0.331 e. The van der Waals surface area contributed by atoms with E-state index in [2.05, 4.69) is 15.3 Å². The van der Waals surface area contributed by atoms with Gasteiger partial charge in [0, 0.05) is 64.3 Å². The zero-order valence-electron chi connectivity index (χ0n) is 22.8. The third-order valence-electron chi connectivity index (χ3n) is 8.54. The molecule has 2 aliphatic carbocycles. The molecule has 210 valence electrons. The molecule has 2 heterocycles. The molecule has 0 saturated heterocycles. The van der Waals surface area contributed by atoms with Crippen molar-refractivity contribution in [3.05, 3.63) is 117 Å². The first kappa shape index (κ1) is 26.6. The van der Waals surface area contributed by atoms with E-state index in [1.807, 2.05) is 36.6 Å². The number of fused-ring (bicyclic) bond motifs is 5. The van der Waals surface area contributed by atoms with Gasteiger partial charge in [0.1, 0.15) is 17.3 Å². The highest BCUT2D eigenvalue weighted by molar-refractivity contribution is 6.31. The predicted molar refractivity (Wildman–Crippen MR) is 157 cm³/mol. The number of benzene rings is 3. The maximum absolute atomic E-state index is 14.8. The summed E-state index contributed by atoms with van der Waals surface area (Å²) in [5.41, 5.74) is 6.54. The van der Waals surface area contributed by atoms with Gasteiger partial charge in [0.15, 0.2) is 5.78 Å². The fourth-order valence-corrected chi connectivity index (χ4v) is 6.72. The number of nitrogens with one attached hydrogen (secondary N) is 1. The minimum absolute atomic E-state index is 0.0197. The standard InChI is InChI=1S/C33H26ClF2N5O/c1-37-27-13-18-7-11-23(27)28(18)32(42)17-5-9-21(10-6-17)40-33-39-16-19-15-38-31(29-25(35)3-2-4-26(29)36)24-14-20(34)8-12-22(24)30(19)41-33/h2-6,8-10,12,14,16,18,28,37H,7,11,13,15H2,1H3,(H,39,40,41)/p+1. The molecule has 7 rings (SSSR count). The lowest BCUT2D eigenvalue weighted by Crippen LogP contribution is -2.72. The molecule has 1 aliphatic heterocycles. The molecule has 6 nitrogen and oxygen atoms in total. The predicted octanol–water partition coefficient (Wildman–Crippen LogP) is 6.04. The number of aromatic nitrogens is 2. The number of quaternary nitrogens is 1. The van der Waals surface area contributed by atoms with Gasteiger partial charge in [0.2, 0.25) is 0 Å². The molecule has 3 aromatic carbocycles. The second-order valence-electron chi connectivity index (χ2n) is 10.9. The van der Waals surface area contributed by atoms with Crippen molar-refractivity contribution in [1.82, 2.24) is 15.3 Å². The molecule has 1 saturated carbocycles. The second kappa shape index (κ2) is 10.5. The van der Waals surface area contributed by atoms with Gasteiger partial charge < -0.3 is 5.32 Å². The van der Waals surface area contributed by atoms with E-state index in [0.29, 0.717) is 39.3 Å². The van der Waals surface area contributed by atoms with Crippen molar-refractivity contribution in [2.24, 2.45) is 16.8 Å². The van der Waals surface area contributed by atoms with Crippen LogP contribution in [0.3, 0.4) is 0 Å². The van der Waals surface area contributed by atoms with Gasteiger partial charge in [0.05, 0.1) is 23.5 Å². The molecule has 2 unspecified atom stereocenters. The molecule has 3 N–H and O–H groups in total. The summed E-state index contributed by atoms with van der Waals surface area (Å²) < 4.78 is 29.7. The summed E-state index contributed by atoms with van der Waals surface area (Å²) in [6.45, 7) is 0.149. The molecular formula is C33H27ClF2N5O+. The van der Waals surface area contributed by atoms with Crippen molar-refractivity contribution in [2.75, 3.05) is 7.05 Å². The largest absolute Gasteiger partial charge is 0.391 e. The number of nitrogens with zero attached hydrogens (tertiary/aromatic N) is 3. The molecule has 9 heteroatoms. The quantitative estimate of drug-likeness (QED) is 0.214. The Bertz CT molecular complexity index is 1800. The fraction of sp³-hybridized carbons (Fsp3) is 0.212. The lowest BCUT2D eigenvalue weighted by molar-refractivity contribution is -0.487. The minimum atomic E-state index is -0.701. The van der Waals surface area contributed by atoms with Crippen molar-refractivity contribution >= 4 is 34.7 Å². The first-order valence-electron chi connectivity index (χ1n) is 13.9. The number of Topliss-reactive ketones (excluding diaryl/α,β-unsaturated/α-hetero) is 1. The van der Waals surface area contributed by atoms with Gasteiger partial charge in [-0.3, -0.25) is 9.79 Å². The van der Waals surface area contributed by atoms with Crippen molar-refractivity contribution in [3.63, 3.8) is 0 Å². The Kier molecular flexibility index (Phi) is 6.67. The second-order valence-corrected chi connectivity index (χ2v) is 11.4. The van der Waals surface area contributed by atoms with Crippen LogP contribution in [0.1, 0.15) is 46.3 Å². The van der Waals surface area contributed by atoms with Gasteiger partial charge in [-0.1, -0.05) is 23.7 Å². The Morgan fingerprint density at radius 2 is 1.83 bits per heavy atom. The number of halogens is 3. The van der Waals surface area contributed by atoms with E-state index in [4.69, 9.17) is 16.6 Å². The summed E-state index contributed by atoms with van der Waals surface area (Å²) in [5.74, 6) is -0.380. The molecule has 0 amide bonds. The van der Waals surface area contributed by atoms with Gasteiger partial charge in [-0.25, -0.2) is 14.1 Å². The third kappa shape index (κ3) is 4.51. The zero-order valence-corrected chi connectivity index (χ0v) is 23.6. The van der Waals surface area contributed by atoms with E-state index in [1.165, 1.54) is 29.5 Å². The van der Waals surface area contributed by atoms with Crippen LogP contribution in [0, 0.1) is 23.5 Å². The number of rotatable bonds is 6. The first-order valence-corrected chi connectivity index (χ1v) is 14.3. The highest BCUT2D eigenvalue weighted by Crippen LogP contribution is 2.49. The third-order valence-corrected chi connectivity index (χ3v) is 8.78. The van der Waals surface area contributed by atoms with E-state index < -0.39 is 11.6 Å². The van der Waals surface area contributed by atoms with Crippen LogP contribution in [-0.2, 0) is 6.54 Å². The van der Waals surface area contributed by atoms with E-state index in [9.17, 15) is 13.6 Å². The molecule has 1 fully saturated rings. The monoisotopic (exact) mass is 582 g/mol.